The summed E-state index contributed by atoms with van der Waals surface area (Å²) in [5, 5.41) is 2.17. The van der Waals surface area contributed by atoms with Crippen LogP contribution in [-0.4, -0.2) is 8.42 Å². The van der Waals surface area contributed by atoms with Gasteiger partial charge in [0.15, 0.2) is 0 Å². The van der Waals surface area contributed by atoms with Crippen LogP contribution in [0.3, 0.4) is 0 Å². The Bertz CT molecular complexity index is 884. The van der Waals surface area contributed by atoms with Gasteiger partial charge >= 0.3 is 0 Å². The lowest BCUT2D eigenvalue weighted by molar-refractivity contribution is 0.567. The lowest BCUT2D eigenvalue weighted by atomic mass is 10.0. The van der Waals surface area contributed by atoms with Gasteiger partial charge in [-0.1, -0.05) is 60.7 Å². The summed E-state index contributed by atoms with van der Waals surface area (Å²) in [6, 6.07) is 22.0. The van der Waals surface area contributed by atoms with Gasteiger partial charge in [-0.05, 0) is 35.4 Å². The molecule has 22 heavy (non-hydrogen) atoms. The normalized spacial score (nSPS) is 13.1. The van der Waals surface area contributed by atoms with Gasteiger partial charge < -0.3 is 0 Å². The van der Waals surface area contributed by atoms with E-state index in [1.807, 2.05) is 49.4 Å². The second kappa shape index (κ2) is 5.91. The summed E-state index contributed by atoms with van der Waals surface area (Å²) in [4.78, 5) is 0.280. The van der Waals surface area contributed by atoms with Crippen LogP contribution in [0.15, 0.2) is 77.7 Å². The number of fused-ring (bicyclic) bond motifs is 1. The molecule has 0 spiro atoms. The maximum atomic E-state index is 12.4. The minimum absolute atomic E-state index is 0.280. The first-order valence-electron chi connectivity index (χ1n) is 7.13. The minimum Gasteiger partial charge on any atom is -0.207 e. The van der Waals surface area contributed by atoms with E-state index in [0.29, 0.717) is 0 Å². The second-order valence-corrected chi connectivity index (χ2v) is 6.94. The van der Waals surface area contributed by atoms with Crippen LogP contribution >= 0.6 is 0 Å². The van der Waals surface area contributed by atoms with Gasteiger partial charge in [0, 0.05) is 6.04 Å². The van der Waals surface area contributed by atoms with Crippen molar-refractivity contribution in [3.63, 3.8) is 0 Å². The molecule has 1 N–H and O–H groups in total. The molecular weight excluding hydrogens is 294 g/mol. The summed E-state index contributed by atoms with van der Waals surface area (Å²) < 4.78 is 27.6. The Hall–Kier alpha value is -2.17. The van der Waals surface area contributed by atoms with E-state index in [0.717, 1.165) is 16.3 Å². The van der Waals surface area contributed by atoms with E-state index in [1.165, 1.54) is 0 Å². The summed E-state index contributed by atoms with van der Waals surface area (Å²) in [7, 11) is -3.53. The third kappa shape index (κ3) is 2.89. The van der Waals surface area contributed by atoms with Crippen LogP contribution in [0.1, 0.15) is 18.5 Å². The highest BCUT2D eigenvalue weighted by atomic mass is 32.2. The first-order valence-corrected chi connectivity index (χ1v) is 8.61. The number of sulfonamides is 1. The third-order valence-electron chi connectivity index (χ3n) is 3.68. The third-order valence-corrected chi connectivity index (χ3v) is 5.23. The van der Waals surface area contributed by atoms with Crippen molar-refractivity contribution in [1.29, 1.82) is 0 Å². The van der Waals surface area contributed by atoms with Gasteiger partial charge in [-0.3, -0.25) is 0 Å². The van der Waals surface area contributed by atoms with Crippen LogP contribution in [0, 0.1) is 0 Å². The fourth-order valence-electron chi connectivity index (χ4n) is 2.59. The van der Waals surface area contributed by atoms with E-state index in [-0.39, 0.29) is 10.9 Å². The summed E-state index contributed by atoms with van der Waals surface area (Å²) in [5.74, 6) is 0. The quantitative estimate of drug-likeness (QED) is 0.795. The molecule has 0 fully saturated rings. The zero-order valence-electron chi connectivity index (χ0n) is 12.2. The summed E-state index contributed by atoms with van der Waals surface area (Å²) >= 11 is 0. The predicted molar refractivity (Wildman–Crippen MR) is 89.1 cm³/mol. The highest BCUT2D eigenvalue weighted by molar-refractivity contribution is 7.89. The Morgan fingerprint density at radius 1 is 0.818 bits per heavy atom. The number of benzene rings is 3. The number of nitrogens with one attached hydrogen (secondary N) is 1. The molecule has 3 aromatic carbocycles. The summed E-state index contributed by atoms with van der Waals surface area (Å²) in [5.41, 5.74) is 0.970. The van der Waals surface area contributed by atoms with Crippen LogP contribution < -0.4 is 4.72 Å². The molecule has 0 amide bonds. The molecule has 3 rings (SSSR count). The highest BCUT2D eigenvalue weighted by Crippen LogP contribution is 2.25. The second-order valence-electron chi connectivity index (χ2n) is 5.22. The average Bonchev–Trinajstić information content (AvgIpc) is 2.54. The van der Waals surface area contributed by atoms with Crippen LogP contribution in [0.4, 0.5) is 0 Å². The predicted octanol–water partition coefficient (Wildman–Crippen LogP) is 3.88. The smallest absolute Gasteiger partial charge is 0.207 e. The molecule has 0 heterocycles. The molecule has 3 nitrogen and oxygen atoms in total. The Labute approximate surface area is 130 Å². The molecule has 0 aliphatic carbocycles. The molecule has 0 aromatic heterocycles. The molecule has 0 radical (unpaired) electrons. The summed E-state index contributed by atoms with van der Waals surface area (Å²) in [6.07, 6.45) is 0. The number of rotatable bonds is 4. The maximum absolute atomic E-state index is 12.4. The van der Waals surface area contributed by atoms with Crippen molar-refractivity contribution in [2.24, 2.45) is 0 Å². The van der Waals surface area contributed by atoms with Crippen molar-refractivity contribution in [2.75, 3.05) is 0 Å². The van der Waals surface area contributed by atoms with Gasteiger partial charge in [-0.15, -0.1) is 0 Å². The molecule has 4 heteroatoms. The van der Waals surface area contributed by atoms with Crippen molar-refractivity contribution in [1.82, 2.24) is 4.72 Å². The van der Waals surface area contributed by atoms with Gasteiger partial charge in [0.05, 0.1) is 4.90 Å². The van der Waals surface area contributed by atoms with E-state index in [4.69, 9.17) is 0 Å². The molecule has 0 saturated heterocycles. The Morgan fingerprint density at radius 3 is 2.23 bits per heavy atom. The largest absolute Gasteiger partial charge is 0.241 e. The monoisotopic (exact) mass is 311 g/mol. The minimum atomic E-state index is -3.53. The molecule has 0 aliphatic heterocycles. The fraction of sp³-hybridized carbons (Fsp3) is 0.111. The van der Waals surface area contributed by atoms with Crippen LogP contribution in [0.25, 0.3) is 10.8 Å². The molecule has 1 atom stereocenters. The average molecular weight is 311 g/mol. The standard InChI is InChI=1S/C18H17NO2S/c1-14(19-22(20,21)16-10-3-2-4-11-16)17-13-7-9-15-8-5-6-12-18(15)17/h2-14,19H,1H3/t14-/m1/s1. The Morgan fingerprint density at radius 2 is 1.45 bits per heavy atom. The molecule has 3 aromatic rings. The summed E-state index contributed by atoms with van der Waals surface area (Å²) in [6.45, 7) is 1.86. The SMILES string of the molecule is C[C@@H](NS(=O)(=O)c1ccccc1)c1cccc2ccccc12. The van der Waals surface area contributed by atoms with E-state index >= 15 is 0 Å². The Kier molecular flexibility index (Phi) is 3.96. The maximum Gasteiger partial charge on any atom is 0.241 e. The van der Waals surface area contributed by atoms with Gasteiger partial charge in [0.1, 0.15) is 0 Å². The van der Waals surface area contributed by atoms with E-state index in [9.17, 15) is 8.42 Å². The van der Waals surface area contributed by atoms with Crippen molar-refractivity contribution in [3.8, 4) is 0 Å². The number of hydrogen-bond acceptors (Lipinski definition) is 2. The topological polar surface area (TPSA) is 46.2 Å². The lowest BCUT2D eigenvalue weighted by Gasteiger charge is -2.16. The molecule has 0 saturated carbocycles. The van der Waals surface area contributed by atoms with Crippen LogP contribution in [0.2, 0.25) is 0 Å². The first-order chi connectivity index (χ1) is 10.6. The number of hydrogen-bond donors (Lipinski definition) is 1. The molecular formula is C18H17NO2S. The van der Waals surface area contributed by atoms with Crippen LogP contribution in [-0.2, 0) is 10.0 Å². The van der Waals surface area contributed by atoms with E-state index < -0.39 is 10.0 Å². The van der Waals surface area contributed by atoms with E-state index in [2.05, 4.69) is 4.72 Å². The lowest BCUT2D eigenvalue weighted by Crippen LogP contribution is -2.27. The van der Waals surface area contributed by atoms with Crippen LogP contribution in [0.5, 0.6) is 0 Å². The zero-order chi connectivity index (χ0) is 15.6. The van der Waals surface area contributed by atoms with Gasteiger partial charge in [-0.2, -0.15) is 0 Å². The first kappa shape index (κ1) is 14.8. The Balaban J connectivity index is 1.96. The zero-order valence-corrected chi connectivity index (χ0v) is 13.0. The van der Waals surface area contributed by atoms with Crippen molar-refractivity contribution in [2.45, 2.75) is 17.9 Å². The molecule has 0 aliphatic rings. The van der Waals surface area contributed by atoms with Crippen molar-refractivity contribution >= 4 is 20.8 Å². The van der Waals surface area contributed by atoms with Gasteiger partial charge in [0.25, 0.3) is 0 Å². The van der Waals surface area contributed by atoms with Gasteiger partial charge in [0.2, 0.25) is 10.0 Å². The molecule has 0 unspecified atom stereocenters. The molecule has 0 bridgehead atoms. The fourth-order valence-corrected chi connectivity index (χ4v) is 3.84. The highest BCUT2D eigenvalue weighted by Gasteiger charge is 2.19. The van der Waals surface area contributed by atoms with Gasteiger partial charge in [-0.25, -0.2) is 13.1 Å². The molecule has 112 valence electrons. The van der Waals surface area contributed by atoms with Crippen molar-refractivity contribution in [3.05, 3.63) is 78.4 Å². The van der Waals surface area contributed by atoms with Crippen molar-refractivity contribution < 1.29 is 8.42 Å². The van der Waals surface area contributed by atoms with E-state index in [1.54, 1.807) is 30.3 Å².